The molecule has 0 amide bonds. The fourth-order valence-electron chi connectivity index (χ4n) is 1.21. The van der Waals surface area contributed by atoms with Crippen molar-refractivity contribution >= 4 is 5.97 Å². The van der Waals surface area contributed by atoms with Crippen molar-refractivity contribution in [3.63, 3.8) is 0 Å². The van der Waals surface area contributed by atoms with Gasteiger partial charge in [-0.2, -0.15) is 0 Å². The minimum atomic E-state index is -0.424. The average molecular weight is 235 g/mol. The summed E-state index contributed by atoms with van der Waals surface area (Å²) in [5.41, 5.74) is 8.48. The van der Waals surface area contributed by atoms with Crippen molar-refractivity contribution in [3.8, 4) is 5.75 Å². The highest BCUT2D eigenvalue weighted by Crippen LogP contribution is 2.18. The molecule has 0 heterocycles. The van der Waals surface area contributed by atoms with Gasteiger partial charge in [0.2, 0.25) is 0 Å². The lowest BCUT2D eigenvalue weighted by atomic mass is 10.2. The number of para-hydroxylation sites is 1. The van der Waals surface area contributed by atoms with Crippen LogP contribution in [0.1, 0.15) is 17.3 Å². The van der Waals surface area contributed by atoms with Gasteiger partial charge in [0.15, 0.2) is 0 Å². The summed E-state index contributed by atoms with van der Waals surface area (Å²) in [6.45, 7) is 2.49. The first kappa shape index (κ1) is 12.9. The first-order chi connectivity index (χ1) is 8.29. The molecular weight excluding hydrogens is 222 g/mol. The first-order valence-corrected chi connectivity index (χ1v) is 5.19. The van der Waals surface area contributed by atoms with Crippen LogP contribution < -0.4 is 4.74 Å². The number of benzene rings is 1. The van der Waals surface area contributed by atoms with E-state index in [1.807, 2.05) is 0 Å². The molecule has 1 rings (SSSR count). The quantitative estimate of drug-likeness (QED) is 0.249. The molecule has 17 heavy (non-hydrogen) atoms. The highest BCUT2D eigenvalue weighted by Gasteiger charge is 2.12. The highest BCUT2D eigenvalue weighted by molar-refractivity contribution is 5.92. The van der Waals surface area contributed by atoms with E-state index in [9.17, 15) is 4.79 Å². The Hall–Kier alpha value is -2.20. The third-order valence-corrected chi connectivity index (χ3v) is 1.89. The summed E-state index contributed by atoms with van der Waals surface area (Å²) in [5, 5.41) is 3.34. The number of carbonyl (C=O) groups is 1. The van der Waals surface area contributed by atoms with Crippen molar-refractivity contribution in [2.75, 3.05) is 19.8 Å². The van der Waals surface area contributed by atoms with Crippen LogP contribution in [0.15, 0.2) is 29.4 Å². The molecule has 1 aromatic rings. The maximum absolute atomic E-state index is 11.6. The molecule has 0 saturated carbocycles. The number of azide groups is 1. The van der Waals surface area contributed by atoms with Crippen LogP contribution in [0.3, 0.4) is 0 Å². The summed E-state index contributed by atoms with van der Waals surface area (Å²) < 4.78 is 10.2. The van der Waals surface area contributed by atoms with Gasteiger partial charge in [-0.25, -0.2) is 4.79 Å². The molecule has 0 saturated heterocycles. The van der Waals surface area contributed by atoms with Crippen molar-refractivity contribution in [1.29, 1.82) is 0 Å². The number of hydrogen-bond acceptors (Lipinski definition) is 4. The summed E-state index contributed by atoms with van der Waals surface area (Å²) in [7, 11) is 0. The number of rotatable bonds is 6. The molecule has 0 aliphatic carbocycles. The second kappa shape index (κ2) is 7.14. The molecule has 0 aliphatic rings. The smallest absolute Gasteiger partial charge is 0.341 e. The standard InChI is InChI=1S/C11H13N3O3/c1-2-16-11(15)9-5-3-4-6-10(9)17-8-7-13-14-12/h3-6H,2,7-8H2,1H3. The first-order valence-electron chi connectivity index (χ1n) is 5.19. The van der Waals surface area contributed by atoms with Crippen LogP contribution in [0, 0.1) is 0 Å². The Morgan fingerprint density at radius 2 is 2.24 bits per heavy atom. The normalized spacial score (nSPS) is 9.24. The average Bonchev–Trinajstić information content (AvgIpc) is 2.35. The molecular formula is C11H13N3O3. The van der Waals surface area contributed by atoms with E-state index in [1.165, 1.54) is 0 Å². The number of nitrogens with zero attached hydrogens (tertiary/aromatic N) is 3. The van der Waals surface area contributed by atoms with Crippen molar-refractivity contribution in [1.82, 2.24) is 0 Å². The number of ether oxygens (including phenoxy) is 2. The lowest BCUT2D eigenvalue weighted by Crippen LogP contribution is -2.09. The van der Waals surface area contributed by atoms with Crippen LogP contribution in [0.5, 0.6) is 5.75 Å². The molecule has 6 heteroatoms. The Kier molecular flexibility index (Phi) is 5.40. The maximum atomic E-state index is 11.6. The van der Waals surface area contributed by atoms with Crippen molar-refractivity contribution in [2.45, 2.75) is 6.92 Å². The van der Waals surface area contributed by atoms with Crippen LogP contribution in [-0.4, -0.2) is 25.7 Å². The van der Waals surface area contributed by atoms with Crippen LogP contribution in [0.2, 0.25) is 0 Å². The fraction of sp³-hybridized carbons (Fsp3) is 0.364. The Balaban J connectivity index is 2.70. The predicted molar refractivity (Wildman–Crippen MR) is 61.9 cm³/mol. The van der Waals surface area contributed by atoms with Crippen molar-refractivity contribution in [2.24, 2.45) is 5.11 Å². The Morgan fingerprint density at radius 1 is 1.47 bits per heavy atom. The lowest BCUT2D eigenvalue weighted by molar-refractivity contribution is 0.0522. The van der Waals surface area contributed by atoms with E-state index in [2.05, 4.69) is 10.0 Å². The molecule has 0 N–H and O–H groups in total. The van der Waals surface area contributed by atoms with Gasteiger partial charge in [-0.3, -0.25) is 0 Å². The second-order valence-electron chi connectivity index (χ2n) is 3.02. The lowest BCUT2D eigenvalue weighted by Gasteiger charge is -2.09. The molecule has 0 unspecified atom stereocenters. The zero-order valence-electron chi connectivity index (χ0n) is 9.50. The molecule has 0 aliphatic heterocycles. The second-order valence-corrected chi connectivity index (χ2v) is 3.02. The van der Waals surface area contributed by atoms with Crippen LogP contribution >= 0.6 is 0 Å². The van der Waals surface area contributed by atoms with Gasteiger partial charge in [-0.15, -0.1) is 0 Å². The number of esters is 1. The molecule has 0 radical (unpaired) electrons. The van der Waals surface area contributed by atoms with Gasteiger partial charge in [0.05, 0.1) is 19.8 Å². The molecule has 1 aromatic carbocycles. The topological polar surface area (TPSA) is 84.3 Å². The summed E-state index contributed by atoms with van der Waals surface area (Å²) in [6.07, 6.45) is 0. The zero-order chi connectivity index (χ0) is 12.5. The largest absolute Gasteiger partial charge is 0.493 e. The van der Waals surface area contributed by atoms with E-state index >= 15 is 0 Å². The molecule has 0 atom stereocenters. The van der Waals surface area contributed by atoms with E-state index in [-0.39, 0.29) is 13.2 Å². The number of carbonyl (C=O) groups excluding carboxylic acids is 1. The minimum absolute atomic E-state index is 0.216. The summed E-state index contributed by atoms with van der Waals surface area (Å²) in [5.74, 6) is 0.00553. The fourth-order valence-corrected chi connectivity index (χ4v) is 1.21. The highest BCUT2D eigenvalue weighted by atomic mass is 16.5. The van der Waals surface area contributed by atoms with E-state index in [4.69, 9.17) is 15.0 Å². The van der Waals surface area contributed by atoms with Crippen molar-refractivity contribution in [3.05, 3.63) is 40.3 Å². The Morgan fingerprint density at radius 3 is 2.94 bits per heavy atom. The van der Waals surface area contributed by atoms with E-state index in [0.717, 1.165) is 0 Å². The monoisotopic (exact) mass is 235 g/mol. The molecule has 0 spiro atoms. The number of hydrogen-bond donors (Lipinski definition) is 0. The van der Waals surface area contributed by atoms with Crippen LogP contribution in [0.4, 0.5) is 0 Å². The molecule has 0 bridgehead atoms. The molecule has 6 nitrogen and oxygen atoms in total. The maximum Gasteiger partial charge on any atom is 0.341 e. The van der Waals surface area contributed by atoms with Crippen LogP contribution in [-0.2, 0) is 4.74 Å². The Labute approximate surface area is 98.8 Å². The van der Waals surface area contributed by atoms with Gasteiger partial charge >= 0.3 is 5.97 Å². The summed E-state index contributed by atoms with van der Waals surface area (Å²) in [6, 6.07) is 6.78. The summed E-state index contributed by atoms with van der Waals surface area (Å²) in [4.78, 5) is 14.2. The third-order valence-electron chi connectivity index (χ3n) is 1.89. The van der Waals surface area contributed by atoms with E-state index in [0.29, 0.717) is 17.9 Å². The van der Waals surface area contributed by atoms with Crippen LogP contribution in [0.25, 0.3) is 10.4 Å². The predicted octanol–water partition coefficient (Wildman–Crippen LogP) is 2.55. The van der Waals surface area contributed by atoms with Gasteiger partial charge in [-0.1, -0.05) is 17.2 Å². The third kappa shape index (κ3) is 4.04. The van der Waals surface area contributed by atoms with E-state index in [1.54, 1.807) is 31.2 Å². The zero-order valence-corrected chi connectivity index (χ0v) is 9.50. The van der Waals surface area contributed by atoms with Gasteiger partial charge in [-0.05, 0) is 24.6 Å². The van der Waals surface area contributed by atoms with Gasteiger partial charge in [0, 0.05) is 4.91 Å². The van der Waals surface area contributed by atoms with Gasteiger partial charge in [0.25, 0.3) is 0 Å². The van der Waals surface area contributed by atoms with E-state index < -0.39 is 5.97 Å². The molecule has 90 valence electrons. The summed E-state index contributed by atoms with van der Waals surface area (Å²) >= 11 is 0. The Bertz CT molecular complexity index is 428. The SMILES string of the molecule is CCOC(=O)c1ccccc1OCCN=[N+]=[N-]. The minimum Gasteiger partial charge on any atom is -0.493 e. The molecule has 0 fully saturated rings. The molecule has 0 aromatic heterocycles. The van der Waals surface area contributed by atoms with Gasteiger partial charge in [0.1, 0.15) is 11.3 Å². The van der Waals surface area contributed by atoms with Crippen molar-refractivity contribution < 1.29 is 14.3 Å². The van der Waals surface area contributed by atoms with Gasteiger partial charge < -0.3 is 9.47 Å².